The molecule has 0 saturated heterocycles. The molecule has 0 aromatic heterocycles. The molecule has 0 bridgehead atoms. The highest BCUT2D eigenvalue weighted by Gasteiger charge is 2.19. The molecule has 1 atom stereocenters. The third-order valence-electron chi connectivity index (χ3n) is 14.4. The van der Waals surface area contributed by atoms with Gasteiger partial charge in [0.1, 0.15) is 13.2 Å². The largest absolute Gasteiger partial charge is 0.462 e. The summed E-state index contributed by atoms with van der Waals surface area (Å²) in [5.74, 6) is -0.827. The van der Waals surface area contributed by atoms with Crippen LogP contribution in [0, 0.1) is 0 Å². The van der Waals surface area contributed by atoms with Crippen LogP contribution in [-0.2, 0) is 28.6 Å². The number of hydrogen-bond acceptors (Lipinski definition) is 6. The van der Waals surface area contributed by atoms with Crippen molar-refractivity contribution in [1.29, 1.82) is 0 Å². The van der Waals surface area contributed by atoms with E-state index in [2.05, 4.69) is 20.8 Å². The molecule has 6 nitrogen and oxygen atoms in total. The van der Waals surface area contributed by atoms with Gasteiger partial charge < -0.3 is 14.2 Å². The van der Waals surface area contributed by atoms with Gasteiger partial charge in [0.05, 0.1) is 0 Å². The fourth-order valence-corrected chi connectivity index (χ4v) is 9.68. The molecule has 0 aliphatic carbocycles. The summed E-state index contributed by atoms with van der Waals surface area (Å²) in [6, 6.07) is 0. The smallest absolute Gasteiger partial charge is 0.306 e. The minimum Gasteiger partial charge on any atom is -0.462 e. The van der Waals surface area contributed by atoms with Crippen LogP contribution >= 0.6 is 0 Å². The fourth-order valence-electron chi connectivity index (χ4n) is 9.68. The van der Waals surface area contributed by atoms with Crippen LogP contribution in [0.15, 0.2) is 0 Å². The number of hydrogen-bond donors (Lipinski definition) is 0. The summed E-state index contributed by atoms with van der Waals surface area (Å²) in [4.78, 5) is 38.2. The minimum atomic E-state index is -0.761. The van der Waals surface area contributed by atoms with Crippen molar-refractivity contribution in [2.75, 3.05) is 13.2 Å². The lowest BCUT2D eigenvalue weighted by atomic mass is 10.0. The van der Waals surface area contributed by atoms with E-state index in [1.54, 1.807) is 0 Å². The van der Waals surface area contributed by atoms with Crippen LogP contribution in [0.1, 0.15) is 361 Å². The maximum absolute atomic E-state index is 12.9. The van der Waals surface area contributed by atoms with Gasteiger partial charge in [0, 0.05) is 19.3 Å². The number of rotatable bonds is 58. The first-order valence-corrected chi connectivity index (χ1v) is 31.0. The standard InChI is InChI=1S/C62H120O6/c1-4-7-10-13-16-19-22-25-27-29-31-33-34-37-40-43-46-49-52-55-61(64)67-58-59(57-66-60(63)54-51-48-45-42-39-36-24-21-18-15-12-9-6-3)68-62(65)56-53-50-47-44-41-38-35-32-30-28-26-23-20-17-14-11-8-5-2/h59H,4-58H2,1-3H3/t59-/m1/s1. The van der Waals surface area contributed by atoms with Crippen LogP contribution in [0.3, 0.4) is 0 Å². The predicted molar refractivity (Wildman–Crippen MR) is 294 cm³/mol. The Labute approximate surface area is 425 Å². The van der Waals surface area contributed by atoms with Gasteiger partial charge in [-0.1, -0.05) is 323 Å². The molecule has 0 amide bonds. The summed E-state index contributed by atoms with van der Waals surface area (Å²) in [5.41, 5.74) is 0. The summed E-state index contributed by atoms with van der Waals surface area (Å²) in [5, 5.41) is 0. The molecule has 0 aromatic carbocycles. The molecule has 0 aliphatic rings. The van der Waals surface area contributed by atoms with Crippen molar-refractivity contribution in [3.63, 3.8) is 0 Å². The minimum absolute atomic E-state index is 0.0607. The molecular weight excluding hydrogens is 841 g/mol. The maximum atomic E-state index is 12.9. The molecule has 0 N–H and O–H groups in total. The van der Waals surface area contributed by atoms with E-state index in [0.717, 1.165) is 57.8 Å². The quantitative estimate of drug-likeness (QED) is 0.0343. The fraction of sp³-hybridized carbons (Fsp3) is 0.952. The van der Waals surface area contributed by atoms with Gasteiger partial charge in [-0.15, -0.1) is 0 Å². The summed E-state index contributed by atoms with van der Waals surface area (Å²) >= 11 is 0. The summed E-state index contributed by atoms with van der Waals surface area (Å²) in [7, 11) is 0. The number of carbonyl (C=O) groups is 3. The van der Waals surface area contributed by atoms with Gasteiger partial charge in [0.15, 0.2) is 6.10 Å². The Balaban J connectivity index is 4.26. The van der Waals surface area contributed by atoms with Crippen LogP contribution in [0.25, 0.3) is 0 Å². The van der Waals surface area contributed by atoms with E-state index in [9.17, 15) is 14.4 Å². The second-order valence-corrected chi connectivity index (χ2v) is 21.3. The molecular formula is C62H120O6. The predicted octanol–water partition coefficient (Wildman–Crippen LogP) is 20.7. The van der Waals surface area contributed by atoms with E-state index < -0.39 is 6.10 Å². The van der Waals surface area contributed by atoms with Crippen LogP contribution < -0.4 is 0 Å². The Morgan fingerprint density at radius 1 is 0.235 bits per heavy atom. The van der Waals surface area contributed by atoms with E-state index in [0.29, 0.717) is 19.3 Å². The highest BCUT2D eigenvalue weighted by Crippen LogP contribution is 2.18. The van der Waals surface area contributed by atoms with Crippen molar-refractivity contribution in [2.45, 2.75) is 367 Å². The number of ether oxygens (including phenoxy) is 3. The second-order valence-electron chi connectivity index (χ2n) is 21.3. The van der Waals surface area contributed by atoms with Crippen molar-refractivity contribution in [3.05, 3.63) is 0 Å². The Bertz CT molecular complexity index is 1010. The Morgan fingerprint density at radius 3 is 0.588 bits per heavy atom. The highest BCUT2D eigenvalue weighted by atomic mass is 16.6. The zero-order valence-electron chi connectivity index (χ0n) is 46.4. The molecule has 0 radical (unpaired) electrons. The van der Waals surface area contributed by atoms with Crippen molar-refractivity contribution in [1.82, 2.24) is 0 Å². The van der Waals surface area contributed by atoms with Crippen molar-refractivity contribution in [2.24, 2.45) is 0 Å². The van der Waals surface area contributed by atoms with Gasteiger partial charge in [-0.2, -0.15) is 0 Å². The Kier molecular flexibility index (Phi) is 56.6. The average molecular weight is 962 g/mol. The van der Waals surface area contributed by atoms with E-state index in [-0.39, 0.29) is 31.1 Å². The molecule has 0 heterocycles. The van der Waals surface area contributed by atoms with Gasteiger partial charge in [0.25, 0.3) is 0 Å². The van der Waals surface area contributed by atoms with Gasteiger partial charge in [-0.05, 0) is 19.3 Å². The molecule has 0 spiro atoms. The normalized spacial score (nSPS) is 11.9. The van der Waals surface area contributed by atoms with E-state index >= 15 is 0 Å². The molecule has 0 rings (SSSR count). The summed E-state index contributed by atoms with van der Waals surface area (Å²) in [6.07, 6.45) is 65.3. The lowest BCUT2D eigenvalue weighted by Gasteiger charge is -2.18. The Morgan fingerprint density at radius 2 is 0.397 bits per heavy atom. The maximum Gasteiger partial charge on any atom is 0.306 e. The van der Waals surface area contributed by atoms with Gasteiger partial charge in [-0.3, -0.25) is 14.4 Å². The molecule has 404 valence electrons. The van der Waals surface area contributed by atoms with Gasteiger partial charge in [-0.25, -0.2) is 0 Å². The van der Waals surface area contributed by atoms with Crippen molar-refractivity contribution < 1.29 is 28.6 Å². The molecule has 0 aromatic rings. The number of unbranched alkanes of at least 4 members (excludes halogenated alkanes) is 47. The van der Waals surface area contributed by atoms with Crippen LogP contribution in [0.4, 0.5) is 0 Å². The third kappa shape index (κ3) is 55.3. The zero-order chi connectivity index (χ0) is 49.3. The molecule has 0 fully saturated rings. The van der Waals surface area contributed by atoms with Crippen LogP contribution in [0.5, 0.6) is 0 Å². The lowest BCUT2D eigenvalue weighted by Crippen LogP contribution is -2.30. The van der Waals surface area contributed by atoms with Gasteiger partial charge >= 0.3 is 17.9 Å². The van der Waals surface area contributed by atoms with Crippen molar-refractivity contribution >= 4 is 17.9 Å². The summed E-state index contributed by atoms with van der Waals surface area (Å²) < 4.78 is 16.9. The van der Waals surface area contributed by atoms with Gasteiger partial charge in [0.2, 0.25) is 0 Å². The molecule has 6 heteroatoms. The topological polar surface area (TPSA) is 78.9 Å². The number of carbonyl (C=O) groups excluding carboxylic acids is 3. The average Bonchev–Trinajstić information content (AvgIpc) is 3.34. The second kappa shape index (κ2) is 58.0. The summed E-state index contributed by atoms with van der Waals surface area (Å²) in [6.45, 7) is 6.72. The highest BCUT2D eigenvalue weighted by molar-refractivity contribution is 5.71. The van der Waals surface area contributed by atoms with E-state index in [1.165, 1.54) is 263 Å². The van der Waals surface area contributed by atoms with E-state index in [1.807, 2.05) is 0 Å². The first-order chi connectivity index (χ1) is 33.5. The molecule has 68 heavy (non-hydrogen) atoms. The lowest BCUT2D eigenvalue weighted by molar-refractivity contribution is -0.167. The monoisotopic (exact) mass is 961 g/mol. The molecule has 0 saturated carbocycles. The molecule has 0 unspecified atom stereocenters. The van der Waals surface area contributed by atoms with Crippen molar-refractivity contribution in [3.8, 4) is 0 Å². The van der Waals surface area contributed by atoms with Crippen LogP contribution in [0.2, 0.25) is 0 Å². The van der Waals surface area contributed by atoms with E-state index in [4.69, 9.17) is 14.2 Å². The number of esters is 3. The molecule has 0 aliphatic heterocycles. The SMILES string of the molecule is CCCCCCCCCCCCCCCCCCCCCC(=O)OC[C@@H](COC(=O)CCCCCCCCCCCCCCC)OC(=O)CCCCCCCCCCCCCCCCCCCC. The first-order valence-electron chi connectivity index (χ1n) is 31.0. The zero-order valence-corrected chi connectivity index (χ0v) is 46.4. The third-order valence-corrected chi connectivity index (χ3v) is 14.4. The Hall–Kier alpha value is -1.59. The van der Waals surface area contributed by atoms with Crippen LogP contribution in [-0.4, -0.2) is 37.2 Å². The first kappa shape index (κ1) is 66.4.